The number of carbonyl (C=O) groups excluding carboxylic acids is 1. The number of methoxy groups -OCH3 is 1. The topological polar surface area (TPSA) is 73.2 Å². The van der Waals surface area contributed by atoms with Crippen LogP contribution in [0.25, 0.3) is 0 Å². The number of benzene rings is 3. The number of hydrogen-bond acceptors (Lipinski definition) is 6. The van der Waals surface area contributed by atoms with E-state index in [2.05, 4.69) is 5.32 Å². The van der Waals surface area contributed by atoms with Gasteiger partial charge in [0.15, 0.2) is 11.5 Å². The van der Waals surface area contributed by atoms with Crippen molar-refractivity contribution in [1.29, 1.82) is 0 Å². The quantitative estimate of drug-likeness (QED) is 0.325. The fraction of sp³-hybridized carbons (Fsp3) is 0.179. The summed E-state index contributed by atoms with van der Waals surface area (Å²) in [5.41, 5.74) is 2.28. The Hall–Kier alpha value is -4.39. The van der Waals surface area contributed by atoms with E-state index >= 15 is 0 Å². The number of fused-ring (bicyclic) bond motifs is 1. The summed E-state index contributed by atoms with van der Waals surface area (Å²) < 4.78 is 22.8. The standard InChI is InChI=1S/C28H26N2O5/c1-32-26-18-20(13-14-25(26)35-17-16-34-21-8-3-2-4-9-21)27-29-24-12-6-5-11-23(24)28(31)30(27)19-22-10-7-15-33-22/h2-15,18,27,29H,16-17,19H2,1H3. The van der Waals surface area contributed by atoms with Gasteiger partial charge in [0.25, 0.3) is 5.91 Å². The highest BCUT2D eigenvalue weighted by atomic mass is 16.5. The van der Waals surface area contributed by atoms with Crippen LogP contribution in [0.3, 0.4) is 0 Å². The van der Waals surface area contributed by atoms with Gasteiger partial charge in [-0.05, 0) is 54.1 Å². The third-order valence-corrected chi connectivity index (χ3v) is 5.78. The maximum absolute atomic E-state index is 13.4. The van der Waals surface area contributed by atoms with Gasteiger partial charge >= 0.3 is 0 Å². The molecule has 1 amide bonds. The van der Waals surface area contributed by atoms with Crippen molar-refractivity contribution in [1.82, 2.24) is 4.90 Å². The molecular weight excluding hydrogens is 444 g/mol. The van der Waals surface area contributed by atoms with Crippen LogP contribution in [-0.4, -0.2) is 31.1 Å². The van der Waals surface area contributed by atoms with E-state index in [1.54, 1.807) is 18.3 Å². The minimum atomic E-state index is -0.410. The summed E-state index contributed by atoms with van der Waals surface area (Å²) >= 11 is 0. The van der Waals surface area contributed by atoms with Crippen molar-refractivity contribution in [3.63, 3.8) is 0 Å². The first-order valence-corrected chi connectivity index (χ1v) is 11.4. The lowest BCUT2D eigenvalue weighted by Gasteiger charge is -2.37. The molecule has 35 heavy (non-hydrogen) atoms. The molecule has 7 nitrogen and oxygen atoms in total. The predicted molar refractivity (Wildman–Crippen MR) is 132 cm³/mol. The summed E-state index contributed by atoms with van der Waals surface area (Å²) in [6, 6.07) is 26.5. The second kappa shape index (κ2) is 10.3. The van der Waals surface area contributed by atoms with Gasteiger partial charge in [0.2, 0.25) is 0 Å². The average Bonchev–Trinajstić information content (AvgIpc) is 3.42. The monoisotopic (exact) mass is 470 g/mol. The molecule has 0 fully saturated rings. The molecule has 0 aliphatic carbocycles. The lowest BCUT2D eigenvalue weighted by molar-refractivity contribution is 0.0651. The van der Waals surface area contributed by atoms with Crippen molar-refractivity contribution in [3.05, 3.63) is 108 Å². The largest absolute Gasteiger partial charge is 0.493 e. The van der Waals surface area contributed by atoms with E-state index in [1.165, 1.54) is 0 Å². The van der Waals surface area contributed by atoms with Gasteiger partial charge in [0.1, 0.15) is 30.9 Å². The highest BCUT2D eigenvalue weighted by Crippen LogP contribution is 2.37. The van der Waals surface area contributed by atoms with Gasteiger partial charge in [-0.3, -0.25) is 4.79 Å². The number of nitrogens with zero attached hydrogens (tertiary/aromatic N) is 1. The SMILES string of the molecule is COc1cc(C2Nc3ccccc3C(=O)N2Cc2ccco2)ccc1OCCOc1ccccc1. The Balaban J connectivity index is 1.35. The number of amides is 1. The molecule has 1 aliphatic heterocycles. The van der Waals surface area contributed by atoms with Crippen LogP contribution in [0.2, 0.25) is 0 Å². The molecule has 178 valence electrons. The van der Waals surface area contributed by atoms with Crippen LogP contribution >= 0.6 is 0 Å². The molecule has 4 aromatic rings. The normalized spacial score (nSPS) is 14.7. The summed E-state index contributed by atoms with van der Waals surface area (Å²) in [4.78, 5) is 15.2. The van der Waals surface area contributed by atoms with Crippen LogP contribution in [0.1, 0.15) is 27.8 Å². The highest BCUT2D eigenvalue weighted by Gasteiger charge is 2.33. The molecule has 0 saturated heterocycles. The zero-order chi connectivity index (χ0) is 24.0. The summed E-state index contributed by atoms with van der Waals surface area (Å²) in [5.74, 6) is 2.61. The van der Waals surface area contributed by atoms with E-state index in [0.717, 1.165) is 17.0 Å². The predicted octanol–water partition coefficient (Wildman–Crippen LogP) is 5.51. The average molecular weight is 471 g/mol. The maximum atomic E-state index is 13.4. The van der Waals surface area contributed by atoms with Crippen molar-refractivity contribution >= 4 is 11.6 Å². The lowest BCUT2D eigenvalue weighted by atomic mass is 10.0. The molecule has 0 bridgehead atoms. The first-order valence-electron chi connectivity index (χ1n) is 11.4. The van der Waals surface area contributed by atoms with Gasteiger partial charge in [-0.25, -0.2) is 0 Å². The van der Waals surface area contributed by atoms with Gasteiger partial charge < -0.3 is 28.8 Å². The molecule has 7 heteroatoms. The van der Waals surface area contributed by atoms with Crippen molar-refractivity contribution in [3.8, 4) is 17.2 Å². The maximum Gasteiger partial charge on any atom is 0.258 e. The minimum Gasteiger partial charge on any atom is -0.493 e. The third-order valence-electron chi connectivity index (χ3n) is 5.78. The van der Waals surface area contributed by atoms with Gasteiger partial charge in [-0.1, -0.05) is 36.4 Å². The smallest absolute Gasteiger partial charge is 0.258 e. The molecule has 5 rings (SSSR count). The molecule has 0 saturated carbocycles. The van der Waals surface area contributed by atoms with Gasteiger partial charge in [0.05, 0.1) is 25.5 Å². The lowest BCUT2D eigenvalue weighted by Crippen LogP contribution is -2.42. The van der Waals surface area contributed by atoms with Gasteiger partial charge in [-0.2, -0.15) is 0 Å². The molecule has 3 aromatic carbocycles. The number of hydrogen-bond donors (Lipinski definition) is 1. The van der Waals surface area contributed by atoms with E-state index in [9.17, 15) is 4.79 Å². The Morgan fingerprint density at radius 1 is 0.886 bits per heavy atom. The summed E-state index contributed by atoms with van der Waals surface area (Å²) in [7, 11) is 1.60. The Kier molecular flexibility index (Phi) is 6.57. The van der Waals surface area contributed by atoms with Crippen LogP contribution in [0.4, 0.5) is 5.69 Å². The third kappa shape index (κ3) is 4.94. The van der Waals surface area contributed by atoms with Crippen molar-refractivity contribution < 1.29 is 23.4 Å². The number of ether oxygens (including phenoxy) is 3. The molecule has 1 atom stereocenters. The molecule has 1 aliphatic rings. The number of nitrogens with one attached hydrogen (secondary N) is 1. The summed E-state index contributed by atoms with van der Waals surface area (Å²) in [6.07, 6.45) is 1.20. The first-order chi connectivity index (χ1) is 17.2. The Labute approximate surface area is 203 Å². The van der Waals surface area contributed by atoms with Crippen LogP contribution in [0, 0.1) is 0 Å². The molecular formula is C28H26N2O5. The molecule has 1 N–H and O–H groups in total. The zero-order valence-corrected chi connectivity index (χ0v) is 19.3. The van der Waals surface area contributed by atoms with Crippen molar-refractivity contribution in [2.45, 2.75) is 12.7 Å². The highest BCUT2D eigenvalue weighted by molar-refractivity contribution is 6.01. The van der Waals surface area contributed by atoms with E-state index in [4.69, 9.17) is 18.6 Å². The zero-order valence-electron chi connectivity index (χ0n) is 19.3. The summed E-state index contributed by atoms with van der Waals surface area (Å²) in [6.45, 7) is 1.10. The van der Waals surface area contributed by atoms with Crippen LogP contribution in [0.15, 0.2) is 95.6 Å². The molecule has 2 heterocycles. The summed E-state index contributed by atoms with van der Waals surface area (Å²) in [5, 5.41) is 3.49. The van der Waals surface area contributed by atoms with Crippen LogP contribution in [0.5, 0.6) is 17.2 Å². The second-order valence-electron chi connectivity index (χ2n) is 8.03. The van der Waals surface area contributed by atoms with E-state index in [1.807, 2.05) is 84.9 Å². The molecule has 1 aromatic heterocycles. The van der Waals surface area contributed by atoms with Crippen molar-refractivity contribution in [2.75, 3.05) is 25.6 Å². The van der Waals surface area contributed by atoms with Crippen LogP contribution < -0.4 is 19.5 Å². The van der Waals surface area contributed by atoms with Gasteiger partial charge in [0, 0.05) is 5.69 Å². The molecule has 0 radical (unpaired) electrons. The van der Waals surface area contributed by atoms with E-state index in [-0.39, 0.29) is 5.91 Å². The van der Waals surface area contributed by atoms with E-state index in [0.29, 0.717) is 42.6 Å². The Morgan fingerprint density at radius 2 is 1.69 bits per heavy atom. The van der Waals surface area contributed by atoms with Gasteiger partial charge in [-0.15, -0.1) is 0 Å². The van der Waals surface area contributed by atoms with Crippen molar-refractivity contribution in [2.24, 2.45) is 0 Å². The van der Waals surface area contributed by atoms with E-state index < -0.39 is 6.17 Å². The number of carbonyl (C=O) groups is 1. The minimum absolute atomic E-state index is 0.0712. The number of furan rings is 1. The van der Waals surface area contributed by atoms with Crippen LogP contribution in [-0.2, 0) is 6.54 Å². The number of anilines is 1. The second-order valence-corrected chi connectivity index (χ2v) is 8.03. The first kappa shape index (κ1) is 22.4. The molecule has 1 unspecified atom stereocenters. The fourth-order valence-electron chi connectivity index (χ4n) is 4.09. The fourth-order valence-corrected chi connectivity index (χ4v) is 4.09. The Morgan fingerprint density at radius 3 is 2.49 bits per heavy atom. The molecule has 0 spiro atoms. The number of para-hydroxylation sites is 2. The Bertz CT molecular complexity index is 1270. The number of rotatable bonds is 9.